The summed E-state index contributed by atoms with van der Waals surface area (Å²) in [5, 5.41) is 15.5. The van der Waals surface area contributed by atoms with Crippen molar-refractivity contribution in [2.24, 2.45) is 10.2 Å². The van der Waals surface area contributed by atoms with Crippen LogP contribution < -0.4 is 9.62 Å². The number of fused-ring (bicyclic) bond motifs is 1. The zero-order valence-corrected chi connectivity index (χ0v) is 22.5. The molecule has 0 amide bonds. The van der Waals surface area contributed by atoms with E-state index < -0.39 is 27.9 Å². The van der Waals surface area contributed by atoms with Crippen molar-refractivity contribution in [1.29, 1.82) is 0 Å². The third kappa shape index (κ3) is 7.84. The molecule has 204 valence electrons. The summed E-state index contributed by atoms with van der Waals surface area (Å²) in [5.41, 5.74) is 1.45. The zero-order chi connectivity index (χ0) is 27.4. The molecule has 37 heavy (non-hydrogen) atoms. The quantitative estimate of drug-likeness (QED) is 0.221. The number of aromatic nitrogens is 2. The number of esters is 1. The van der Waals surface area contributed by atoms with E-state index >= 15 is 0 Å². The molecule has 3 rings (SSSR count). The van der Waals surface area contributed by atoms with Gasteiger partial charge in [0.05, 0.1) is 12.3 Å². The van der Waals surface area contributed by atoms with E-state index in [1.54, 1.807) is 6.07 Å². The van der Waals surface area contributed by atoms with Crippen molar-refractivity contribution in [3.05, 3.63) is 22.7 Å². The fourth-order valence-corrected chi connectivity index (χ4v) is 5.54. The van der Waals surface area contributed by atoms with Crippen LogP contribution in [0.15, 0.2) is 22.4 Å². The summed E-state index contributed by atoms with van der Waals surface area (Å²) in [7, 11) is -4.78. The lowest BCUT2D eigenvalue weighted by Crippen LogP contribution is -2.42. The summed E-state index contributed by atoms with van der Waals surface area (Å²) in [5.74, 6) is -2.69. The van der Waals surface area contributed by atoms with Crippen LogP contribution in [0.2, 0.25) is 0 Å². The third-order valence-corrected chi connectivity index (χ3v) is 7.55. The Bertz CT molecular complexity index is 1250. The highest BCUT2D eigenvalue weighted by atomic mass is 32.2. The van der Waals surface area contributed by atoms with Crippen LogP contribution in [0.25, 0.3) is 0 Å². The van der Waals surface area contributed by atoms with Crippen molar-refractivity contribution in [1.82, 2.24) is 10.2 Å². The minimum atomic E-state index is -4.92. The van der Waals surface area contributed by atoms with Crippen LogP contribution in [0.4, 0.5) is 35.4 Å². The molecular formula is C22H29F3N6O4S2. The molecule has 1 atom stereocenters. The predicted octanol–water partition coefficient (Wildman–Crippen LogP) is 5.76. The van der Waals surface area contributed by atoms with E-state index in [4.69, 9.17) is 4.74 Å². The number of rotatable bonds is 10. The first-order valence-electron chi connectivity index (χ1n) is 11.7. The lowest BCUT2D eigenvalue weighted by molar-refractivity contribution is -0.106. The van der Waals surface area contributed by atoms with Crippen LogP contribution in [0, 0.1) is 0 Å². The van der Waals surface area contributed by atoms with E-state index in [2.05, 4.69) is 25.3 Å². The summed E-state index contributed by atoms with van der Waals surface area (Å²) in [6.45, 7) is 8.19. The number of nitrogens with zero attached hydrogens (tertiary/aromatic N) is 5. The number of aryl methyl sites for hydroxylation is 1. The number of carbonyl (C=O) groups excluding carboxylic acids is 1. The highest BCUT2D eigenvalue weighted by Crippen LogP contribution is 2.41. The number of anilines is 2. The molecule has 1 unspecified atom stereocenters. The normalized spacial score (nSPS) is 16.3. The molecule has 0 fully saturated rings. The van der Waals surface area contributed by atoms with E-state index in [-0.39, 0.29) is 40.2 Å². The molecule has 2 aromatic rings. The van der Waals surface area contributed by atoms with Crippen LogP contribution in [0.5, 0.6) is 0 Å². The first-order valence-corrected chi connectivity index (χ1v) is 14.2. The Kier molecular flexibility index (Phi) is 9.10. The minimum absolute atomic E-state index is 0.00156. The number of halogens is 3. The van der Waals surface area contributed by atoms with Gasteiger partial charge in [-0.3, -0.25) is 4.72 Å². The van der Waals surface area contributed by atoms with Gasteiger partial charge in [0.2, 0.25) is 15.0 Å². The molecule has 1 aromatic carbocycles. The number of benzene rings is 1. The average Bonchev–Trinajstić information content (AvgIpc) is 3.25. The van der Waals surface area contributed by atoms with E-state index in [0.717, 1.165) is 29.7 Å². The molecule has 0 saturated heterocycles. The Morgan fingerprint density at radius 2 is 2.03 bits per heavy atom. The lowest BCUT2D eigenvalue weighted by Gasteiger charge is -2.40. The molecule has 0 spiro atoms. The van der Waals surface area contributed by atoms with Crippen LogP contribution in [0.1, 0.15) is 62.3 Å². The Balaban J connectivity index is 1.96. The maximum absolute atomic E-state index is 12.9. The predicted molar refractivity (Wildman–Crippen MR) is 135 cm³/mol. The summed E-state index contributed by atoms with van der Waals surface area (Å²) in [6.07, 6.45) is -1.86. The molecule has 1 aliphatic heterocycles. The van der Waals surface area contributed by atoms with E-state index in [9.17, 15) is 26.4 Å². The van der Waals surface area contributed by atoms with Crippen LogP contribution in [-0.4, -0.2) is 55.2 Å². The Labute approximate surface area is 217 Å². The van der Waals surface area contributed by atoms with Gasteiger partial charge in [0.25, 0.3) is 5.13 Å². The number of ether oxygens (including phenoxy) is 1. The number of alkyl halides is 3. The van der Waals surface area contributed by atoms with E-state index in [1.807, 2.05) is 32.4 Å². The lowest BCUT2D eigenvalue weighted by atomic mass is 9.94. The van der Waals surface area contributed by atoms with E-state index in [0.29, 0.717) is 18.5 Å². The molecule has 2 heterocycles. The van der Waals surface area contributed by atoms with Gasteiger partial charge in [0, 0.05) is 17.8 Å². The molecule has 15 heteroatoms. The van der Waals surface area contributed by atoms with Gasteiger partial charge < -0.3 is 9.64 Å². The average molecular weight is 563 g/mol. The number of hydrogen-bond donors (Lipinski definition) is 1. The SMILES string of the molecule is CCCCOC(=O)c1nnc(N=Nc2cc3c(cc2NS(=O)(=O)CC(F)(F)F)N(C(C)C)C(C)CC3)s1. The molecule has 0 saturated carbocycles. The van der Waals surface area contributed by atoms with Crippen LogP contribution >= 0.6 is 11.3 Å². The second-order valence-corrected chi connectivity index (χ2v) is 11.6. The Morgan fingerprint density at radius 3 is 2.68 bits per heavy atom. The number of hydrogen-bond acceptors (Lipinski definition) is 10. The van der Waals surface area contributed by atoms with Crippen molar-refractivity contribution in [2.75, 3.05) is 22.0 Å². The van der Waals surface area contributed by atoms with Gasteiger partial charge in [-0.2, -0.15) is 13.2 Å². The molecule has 0 radical (unpaired) electrons. The highest BCUT2D eigenvalue weighted by molar-refractivity contribution is 7.92. The second kappa shape index (κ2) is 11.7. The van der Waals surface area contributed by atoms with Crippen LogP contribution in [-0.2, 0) is 21.2 Å². The first-order chi connectivity index (χ1) is 17.3. The molecule has 0 bridgehead atoms. The molecule has 0 aliphatic carbocycles. The van der Waals surface area contributed by atoms with Gasteiger partial charge in [0.15, 0.2) is 5.75 Å². The maximum Gasteiger partial charge on any atom is 0.404 e. The highest BCUT2D eigenvalue weighted by Gasteiger charge is 2.36. The van der Waals surface area contributed by atoms with Gasteiger partial charge in [-0.25, -0.2) is 13.2 Å². The van der Waals surface area contributed by atoms with Crippen molar-refractivity contribution >= 4 is 49.5 Å². The van der Waals surface area contributed by atoms with Gasteiger partial charge in [-0.05, 0) is 57.7 Å². The molecular weight excluding hydrogens is 533 g/mol. The van der Waals surface area contributed by atoms with Crippen molar-refractivity contribution in [3.63, 3.8) is 0 Å². The topological polar surface area (TPSA) is 126 Å². The van der Waals surface area contributed by atoms with Crippen molar-refractivity contribution in [2.45, 2.75) is 71.6 Å². The molecule has 1 aliphatic rings. The number of carbonyl (C=O) groups is 1. The van der Waals surface area contributed by atoms with E-state index in [1.165, 1.54) is 6.07 Å². The Morgan fingerprint density at radius 1 is 1.30 bits per heavy atom. The fourth-order valence-electron chi connectivity index (χ4n) is 3.98. The third-order valence-electron chi connectivity index (χ3n) is 5.52. The monoisotopic (exact) mass is 562 g/mol. The first kappa shape index (κ1) is 28.8. The van der Waals surface area contributed by atoms with Gasteiger partial charge in [-0.1, -0.05) is 24.7 Å². The number of azo groups is 1. The molecule has 1 N–H and O–H groups in total. The standard InChI is InChI=1S/C22H29F3N6O4S2/c1-5-6-9-35-20(32)19-27-29-21(36-19)28-26-16-10-15-8-7-14(4)31(13(2)3)18(15)11-17(16)30-37(33,34)12-22(23,24)25/h10-11,13-14,30H,5-9,12H2,1-4H3. The zero-order valence-electron chi connectivity index (χ0n) is 20.9. The number of nitrogens with one attached hydrogen (secondary N) is 1. The maximum atomic E-state index is 12.9. The molecule has 10 nitrogen and oxygen atoms in total. The summed E-state index contributed by atoms with van der Waals surface area (Å²) < 4.78 is 70.3. The van der Waals surface area contributed by atoms with Gasteiger partial charge in [-0.15, -0.1) is 20.4 Å². The smallest absolute Gasteiger partial charge is 0.404 e. The summed E-state index contributed by atoms with van der Waals surface area (Å²) in [4.78, 5) is 14.1. The summed E-state index contributed by atoms with van der Waals surface area (Å²) >= 11 is 0.826. The van der Waals surface area contributed by atoms with Gasteiger partial charge in [0.1, 0.15) is 5.69 Å². The Hall–Kier alpha value is -2.81. The fraction of sp³-hybridized carbons (Fsp3) is 0.591. The second-order valence-electron chi connectivity index (χ2n) is 8.94. The minimum Gasteiger partial charge on any atom is -0.460 e. The summed E-state index contributed by atoms with van der Waals surface area (Å²) in [6, 6.07) is 3.31. The van der Waals surface area contributed by atoms with Crippen molar-refractivity contribution < 1.29 is 31.1 Å². The largest absolute Gasteiger partial charge is 0.460 e. The van der Waals surface area contributed by atoms with Crippen molar-refractivity contribution in [3.8, 4) is 0 Å². The number of unbranched alkanes of at least 4 members (excludes halogenated alkanes) is 1. The van der Waals surface area contributed by atoms with Crippen LogP contribution in [0.3, 0.4) is 0 Å². The van der Waals surface area contributed by atoms with Gasteiger partial charge >= 0.3 is 12.1 Å². The number of sulfonamides is 1. The molecule has 1 aromatic heterocycles.